The van der Waals surface area contributed by atoms with Crippen LogP contribution in [0.2, 0.25) is 0 Å². The summed E-state index contributed by atoms with van der Waals surface area (Å²) in [6.45, 7) is 0.376. The molecule has 0 spiro atoms. The molecule has 2 heterocycles. The lowest BCUT2D eigenvalue weighted by Crippen LogP contribution is -2.41. The average molecular weight is 299 g/mol. The van der Waals surface area contributed by atoms with Crippen molar-refractivity contribution in [1.29, 1.82) is 0 Å². The third kappa shape index (κ3) is 2.67. The first-order chi connectivity index (χ1) is 10.7. The van der Waals surface area contributed by atoms with Gasteiger partial charge in [-0.15, -0.1) is 0 Å². The Balaban J connectivity index is 1.72. The number of halogens is 1. The molecule has 1 aliphatic heterocycles. The number of nitrogens with zero attached hydrogens (tertiary/aromatic N) is 2. The second-order valence-corrected chi connectivity index (χ2v) is 4.99. The molecule has 0 bridgehead atoms. The second kappa shape index (κ2) is 5.93. The number of carbonyl (C=O) groups is 2. The summed E-state index contributed by atoms with van der Waals surface area (Å²) in [5, 5.41) is 2.68. The standard InChI is InChI=1S/C16H14FN3O2/c17-12-3-1-2-4-14(12)20-10-7-13(16(20)22)19-15(21)11-5-8-18-9-6-11/h1-6,8-9,13H,7,10H2,(H,19,21)/t13-/m0/s1. The van der Waals surface area contributed by atoms with Gasteiger partial charge in [-0.1, -0.05) is 12.1 Å². The van der Waals surface area contributed by atoms with Crippen molar-refractivity contribution in [2.24, 2.45) is 0 Å². The molecular formula is C16H14FN3O2. The Labute approximate surface area is 126 Å². The van der Waals surface area contributed by atoms with Crippen LogP contribution in [-0.2, 0) is 4.79 Å². The molecule has 1 atom stereocenters. The van der Waals surface area contributed by atoms with Crippen molar-refractivity contribution in [2.45, 2.75) is 12.5 Å². The van der Waals surface area contributed by atoms with Crippen molar-refractivity contribution in [1.82, 2.24) is 10.3 Å². The van der Waals surface area contributed by atoms with E-state index in [2.05, 4.69) is 10.3 Å². The highest BCUT2D eigenvalue weighted by molar-refractivity contribution is 6.03. The predicted molar refractivity (Wildman–Crippen MR) is 78.9 cm³/mol. The van der Waals surface area contributed by atoms with E-state index in [9.17, 15) is 14.0 Å². The molecule has 1 fully saturated rings. The summed E-state index contributed by atoms with van der Waals surface area (Å²) in [6, 6.07) is 8.62. The van der Waals surface area contributed by atoms with Crippen LogP contribution in [0.1, 0.15) is 16.8 Å². The Morgan fingerprint density at radius 3 is 2.68 bits per heavy atom. The molecule has 1 aromatic carbocycles. The molecule has 3 rings (SSSR count). The third-order valence-electron chi connectivity index (χ3n) is 3.60. The highest BCUT2D eigenvalue weighted by Gasteiger charge is 2.34. The number of hydrogen-bond donors (Lipinski definition) is 1. The van der Waals surface area contributed by atoms with Crippen molar-refractivity contribution in [3.05, 3.63) is 60.2 Å². The minimum atomic E-state index is -0.639. The maximum atomic E-state index is 13.8. The smallest absolute Gasteiger partial charge is 0.252 e. The second-order valence-electron chi connectivity index (χ2n) is 4.99. The van der Waals surface area contributed by atoms with Crippen molar-refractivity contribution >= 4 is 17.5 Å². The maximum absolute atomic E-state index is 13.8. The highest BCUT2D eigenvalue weighted by atomic mass is 19.1. The highest BCUT2D eigenvalue weighted by Crippen LogP contribution is 2.24. The van der Waals surface area contributed by atoms with Crippen LogP contribution in [0.3, 0.4) is 0 Å². The zero-order valence-corrected chi connectivity index (χ0v) is 11.7. The van der Waals surface area contributed by atoms with Gasteiger partial charge in [-0.2, -0.15) is 0 Å². The molecule has 112 valence electrons. The fourth-order valence-corrected chi connectivity index (χ4v) is 2.47. The van der Waals surface area contributed by atoms with Crippen molar-refractivity contribution in [3.63, 3.8) is 0 Å². The van der Waals surface area contributed by atoms with E-state index in [1.807, 2.05) is 0 Å². The van der Waals surface area contributed by atoms with Crippen LogP contribution in [0.4, 0.5) is 10.1 Å². The summed E-state index contributed by atoms with van der Waals surface area (Å²) in [5.41, 5.74) is 0.681. The molecule has 2 amide bonds. The molecule has 2 aromatic rings. The average Bonchev–Trinajstić information content (AvgIpc) is 2.90. The Morgan fingerprint density at radius 2 is 1.95 bits per heavy atom. The third-order valence-corrected chi connectivity index (χ3v) is 3.60. The van der Waals surface area contributed by atoms with Crippen molar-refractivity contribution < 1.29 is 14.0 Å². The lowest BCUT2D eigenvalue weighted by molar-refractivity contribution is -0.118. The summed E-state index contributed by atoms with van der Waals surface area (Å²) in [5.74, 6) is -1.08. The van der Waals surface area contributed by atoms with Crippen LogP contribution < -0.4 is 10.2 Å². The Morgan fingerprint density at radius 1 is 1.23 bits per heavy atom. The van der Waals surface area contributed by atoms with Gasteiger partial charge in [0.1, 0.15) is 11.9 Å². The minimum Gasteiger partial charge on any atom is -0.340 e. The lowest BCUT2D eigenvalue weighted by atomic mass is 10.2. The van der Waals surface area contributed by atoms with Gasteiger partial charge in [-0.25, -0.2) is 4.39 Å². The van der Waals surface area contributed by atoms with E-state index >= 15 is 0 Å². The van der Waals surface area contributed by atoms with Crippen molar-refractivity contribution in [3.8, 4) is 0 Å². The normalized spacial score (nSPS) is 17.6. The molecule has 6 heteroatoms. The monoisotopic (exact) mass is 299 g/mol. The van der Waals surface area contributed by atoms with E-state index in [-0.39, 0.29) is 17.5 Å². The fraction of sp³-hybridized carbons (Fsp3) is 0.188. The van der Waals surface area contributed by atoms with Gasteiger partial charge in [0.15, 0.2) is 0 Å². The number of anilines is 1. The maximum Gasteiger partial charge on any atom is 0.252 e. The molecule has 1 saturated heterocycles. The number of pyridine rings is 1. The van der Waals surface area contributed by atoms with E-state index in [0.717, 1.165) is 0 Å². The first kappa shape index (κ1) is 14.2. The molecular weight excluding hydrogens is 285 g/mol. The molecule has 0 radical (unpaired) electrons. The lowest BCUT2D eigenvalue weighted by Gasteiger charge is -2.17. The van der Waals surface area contributed by atoms with Crippen LogP contribution in [0.5, 0.6) is 0 Å². The van der Waals surface area contributed by atoms with Gasteiger partial charge in [-0.3, -0.25) is 14.6 Å². The number of hydrogen-bond acceptors (Lipinski definition) is 3. The quantitative estimate of drug-likeness (QED) is 0.939. The predicted octanol–water partition coefficient (Wildman–Crippen LogP) is 1.76. The van der Waals surface area contributed by atoms with Crippen LogP contribution >= 0.6 is 0 Å². The molecule has 5 nitrogen and oxygen atoms in total. The van der Waals surface area contributed by atoms with Gasteiger partial charge in [-0.05, 0) is 30.7 Å². The molecule has 0 aliphatic carbocycles. The van der Waals surface area contributed by atoms with Crippen LogP contribution in [0.15, 0.2) is 48.8 Å². The summed E-state index contributed by atoms with van der Waals surface area (Å²) in [7, 11) is 0. The number of rotatable bonds is 3. The van der Waals surface area contributed by atoms with Gasteiger partial charge < -0.3 is 10.2 Å². The molecule has 1 aliphatic rings. The van der Waals surface area contributed by atoms with Crippen LogP contribution in [0.25, 0.3) is 0 Å². The Hall–Kier alpha value is -2.76. The van der Waals surface area contributed by atoms with Crippen molar-refractivity contribution in [2.75, 3.05) is 11.4 Å². The summed E-state index contributed by atoms with van der Waals surface area (Å²) in [6.07, 6.45) is 3.47. The van der Waals surface area contributed by atoms with Gasteiger partial charge >= 0.3 is 0 Å². The number of nitrogens with one attached hydrogen (secondary N) is 1. The SMILES string of the molecule is O=C(N[C@H]1CCN(c2ccccc2F)C1=O)c1ccncc1. The number of amides is 2. The van der Waals surface area contributed by atoms with E-state index in [1.54, 1.807) is 30.3 Å². The van der Waals surface area contributed by atoms with Gasteiger partial charge in [0.2, 0.25) is 5.91 Å². The van der Waals surface area contributed by atoms with Gasteiger partial charge in [0, 0.05) is 24.5 Å². The van der Waals surface area contributed by atoms with Gasteiger partial charge in [0.05, 0.1) is 5.69 Å². The molecule has 1 aromatic heterocycles. The molecule has 0 saturated carbocycles. The molecule has 0 unspecified atom stereocenters. The Kier molecular flexibility index (Phi) is 3.82. The largest absolute Gasteiger partial charge is 0.340 e. The van der Waals surface area contributed by atoms with E-state index < -0.39 is 11.9 Å². The first-order valence-electron chi connectivity index (χ1n) is 6.93. The summed E-state index contributed by atoms with van der Waals surface area (Å²) >= 11 is 0. The van der Waals surface area contributed by atoms with Gasteiger partial charge in [0.25, 0.3) is 5.91 Å². The summed E-state index contributed by atoms with van der Waals surface area (Å²) in [4.78, 5) is 29.6. The number of carbonyl (C=O) groups excluding carboxylic acids is 2. The minimum absolute atomic E-state index is 0.244. The Bertz CT molecular complexity index is 706. The first-order valence-corrected chi connectivity index (χ1v) is 6.93. The van der Waals surface area contributed by atoms with E-state index in [0.29, 0.717) is 18.5 Å². The topological polar surface area (TPSA) is 62.3 Å². The molecule has 1 N–H and O–H groups in total. The zero-order chi connectivity index (χ0) is 15.5. The number of para-hydroxylation sites is 1. The zero-order valence-electron chi connectivity index (χ0n) is 11.7. The number of aromatic nitrogens is 1. The van der Waals surface area contributed by atoms with E-state index in [1.165, 1.54) is 23.4 Å². The summed E-state index contributed by atoms with van der Waals surface area (Å²) < 4.78 is 13.8. The van der Waals surface area contributed by atoms with Crippen LogP contribution in [0, 0.1) is 5.82 Å². The van der Waals surface area contributed by atoms with E-state index in [4.69, 9.17) is 0 Å². The number of benzene rings is 1. The van der Waals surface area contributed by atoms with Crippen LogP contribution in [-0.4, -0.2) is 29.4 Å². The fourth-order valence-electron chi connectivity index (χ4n) is 2.47. The molecule has 22 heavy (non-hydrogen) atoms.